The molecule has 1 heterocycles. The molecule has 0 aliphatic carbocycles. The average Bonchev–Trinajstić information content (AvgIpc) is 2.57. The van der Waals surface area contributed by atoms with Gasteiger partial charge in [-0.1, -0.05) is 0 Å². The largest absolute Gasteiger partial charge is 0.486 e. The van der Waals surface area contributed by atoms with Gasteiger partial charge in [0.2, 0.25) is 0 Å². The zero-order valence-corrected chi connectivity index (χ0v) is 11.9. The van der Waals surface area contributed by atoms with Crippen LogP contribution in [0.25, 0.3) is 0 Å². The highest BCUT2D eigenvalue weighted by Gasteiger charge is 2.19. The highest BCUT2D eigenvalue weighted by atomic mass is 32.1. The predicted molar refractivity (Wildman–Crippen MR) is 74.2 cm³/mol. The fraction of sp³-hybridized carbons (Fsp3) is 0.583. The smallest absolute Gasteiger partial charge is 0.178 e. The molecule has 0 bridgehead atoms. The number of ether oxygens (including phenoxy) is 2. The molecule has 1 aromatic heterocycles. The van der Waals surface area contributed by atoms with Crippen molar-refractivity contribution in [3.8, 4) is 11.8 Å². The van der Waals surface area contributed by atoms with Gasteiger partial charge in [0.05, 0.1) is 12.7 Å². The lowest BCUT2D eigenvalue weighted by atomic mass is 10.3. The third-order valence-corrected chi connectivity index (χ3v) is 3.17. The Morgan fingerprint density at radius 3 is 2.61 bits per heavy atom. The lowest BCUT2D eigenvalue weighted by Gasteiger charge is -2.16. The summed E-state index contributed by atoms with van der Waals surface area (Å²) in [7, 11) is 1.65. The van der Waals surface area contributed by atoms with Gasteiger partial charge in [-0.15, -0.1) is 11.3 Å². The number of nitriles is 1. The van der Waals surface area contributed by atoms with Gasteiger partial charge in [0.1, 0.15) is 21.6 Å². The maximum atomic E-state index is 9.00. The summed E-state index contributed by atoms with van der Waals surface area (Å²) in [4.78, 5) is 0.470. The fourth-order valence-electron chi connectivity index (χ4n) is 1.48. The van der Waals surface area contributed by atoms with Crippen molar-refractivity contribution in [1.82, 2.24) is 0 Å². The van der Waals surface area contributed by atoms with Crippen LogP contribution in [0.5, 0.6) is 5.75 Å². The number of nitrogen functional groups attached to an aromatic ring is 1. The minimum atomic E-state index is 0.00623. The molecule has 1 aromatic rings. The van der Waals surface area contributed by atoms with Gasteiger partial charge < -0.3 is 20.5 Å². The highest BCUT2D eigenvalue weighted by Crippen LogP contribution is 2.43. The summed E-state index contributed by atoms with van der Waals surface area (Å²) in [5.41, 5.74) is 6.31. The molecule has 100 valence electrons. The van der Waals surface area contributed by atoms with Crippen molar-refractivity contribution in [3.05, 3.63) is 4.88 Å². The first kappa shape index (κ1) is 14.6. The Kier molecular flexibility index (Phi) is 5.25. The minimum absolute atomic E-state index is 0.00623. The molecule has 0 amide bonds. The van der Waals surface area contributed by atoms with Crippen LogP contribution in [-0.4, -0.2) is 25.9 Å². The second kappa shape index (κ2) is 6.47. The number of methoxy groups -OCH3 is 1. The van der Waals surface area contributed by atoms with Gasteiger partial charge in [0.25, 0.3) is 0 Å². The Morgan fingerprint density at radius 1 is 1.44 bits per heavy atom. The van der Waals surface area contributed by atoms with E-state index in [4.69, 9.17) is 20.5 Å². The molecule has 3 N–H and O–H groups in total. The Morgan fingerprint density at radius 2 is 2.11 bits per heavy atom. The van der Waals surface area contributed by atoms with Crippen LogP contribution < -0.4 is 15.8 Å². The lowest BCUT2D eigenvalue weighted by Crippen LogP contribution is -2.21. The summed E-state index contributed by atoms with van der Waals surface area (Å²) < 4.78 is 10.7. The molecule has 1 unspecified atom stereocenters. The molecule has 0 aromatic carbocycles. The van der Waals surface area contributed by atoms with E-state index in [0.717, 1.165) is 5.00 Å². The molecule has 0 saturated heterocycles. The van der Waals surface area contributed by atoms with Crippen molar-refractivity contribution >= 4 is 22.0 Å². The molecule has 18 heavy (non-hydrogen) atoms. The first-order valence-corrected chi connectivity index (χ1v) is 6.55. The number of hydrogen-bond acceptors (Lipinski definition) is 6. The van der Waals surface area contributed by atoms with Crippen LogP contribution in [0, 0.1) is 11.3 Å². The van der Waals surface area contributed by atoms with E-state index in [1.54, 1.807) is 7.11 Å². The van der Waals surface area contributed by atoms with Crippen LogP contribution in [0.15, 0.2) is 0 Å². The summed E-state index contributed by atoms with van der Waals surface area (Å²) in [6.45, 7) is 6.41. The van der Waals surface area contributed by atoms with Crippen molar-refractivity contribution in [2.24, 2.45) is 0 Å². The number of anilines is 2. The van der Waals surface area contributed by atoms with E-state index in [9.17, 15) is 0 Å². The Bertz CT molecular complexity index is 437. The van der Waals surface area contributed by atoms with Crippen molar-refractivity contribution in [2.75, 3.05) is 24.8 Å². The normalized spacial score (nSPS) is 12.2. The van der Waals surface area contributed by atoms with Crippen molar-refractivity contribution in [3.63, 3.8) is 0 Å². The van der Waals surface area contributed by atoms with Crippen LogP contribution in [0.1, 0.15) is 25.6 Å². The summed E-state index contributed by atoms with van der Waals surface area (Å²) >= 11 is 1.30. The maximum absolute atomic E-state index is 9.00. The second-order valence-corrected chi connectivity index (χ2v) is 5.30. The zero-order valence-electron chi connectivity index (χ0n) is 11.1. The van der Waals surface area contributed by atoms with E-state index in [0.29, 0.717) is 22.9 Å². The number of rotatable bonds is 6. The van der Waals surface area contributed by atoms with E-state index in [1.165, 1.54) is 11.3 Å². The molecule has 0 aliphatic rings. The molecule has 0 radical (unpaired) electrons. The van der Waals surface area contributed by atoms with Gasteiger partial charge in [0.15, 0.2) is 5.75 Å². The molecule has 5 nitrogen and oxygen atoms in total. The average molecular weight is 269 g/mol. The molecule has 1 rings (SSSR count). The van der Waals surface area contributed by atoms with Crippen molar-refractivity contribution in [2.45, 2.75) is 32.9 Å². The Labute approximate surface area is 112 Å². The fourth-order valence-corrected chi connectivity index (χ4v) is 2.44. The van der Waals surface area contributed by atoms with Gasteiger partial charge in [-0.2, -0.15) is 5.26 Å². The van der Waals surface area contributed by atoms with Crippen LogP contribution in [0.3, 0.4) is 0 Å². The lowest BCUT2D eigenvalue weighted by molar-refractivity contribution is 0.190. The van der Waals surface area contributed by atoms with Crippen LogP contribution in [0.4, 0.5) is 10.7 Å². The number of nitrogens with one attached hydrogen (secondary N) is 1. The van der Waals surface area contributed by atoms with E-state index in [2.05, 4.69) is 11.4 Å². The standard InChI is InChI=1S/C12H19N3O2S/c1-7(2)17-11-10(14)9(5-13)18-12(11)15-8(3)6-16-4/h7-8,15H,6,14H2,1-4H3. The number of nitrogens with zero attached hydrogens (tertiary/aromatic N) is 1. The molecule has 6 heteroatoms. The zero-order chi connectivity index (χ0) is 13.7. The third kappa shape index (κ3) is 3.52. The molecular formula is C12H19N3O2S. The summed E-state index contributed by atoms with van der Waals surface area (Å²) in [5.74, 6) is 0.564. The van der Waals surface area contributed by atoms with Crippen molar-refractivity contribution in [1.29, 1.82) is 5.26 Å². The monoisotopic (exact) mass is 269 g/mol. The van der Waals surface area contributed by atoms with Crippen molar-refractivity contribution < 1.29 is 9.47 Å². The SMILES string of the molecule is COCC(C)Nc1sc(C#N)c(N)c1OC(C)C. The van der Waals surface area contributed by atoms with Gasteiger partial charge in [-0.25, -0.2) is 0 Å². The summed E-state index contributed by atoms with van der Waals surface area (Å²) in [6.07, 6.45) is 0.00623. The molecule has 0 fully saturated rings. The van der Waals surface area contributed by atoms with Crippen LogP contribution in [-0.2, 0) is 4.74 Å². The quantitative estimate of drug-likeness (QED) is 0.829. The highest BCUT2D eigenvalue weighted by molar-refractivity contribution is 7.17. The maximum Gasteiger partial charge on any atom is 0.178 e. The molecule has 0 saturated carbocycles. The first-order valence-electron chi connectivity index (χ1n) is 5.74. The molecule has 1 atom stereocenters. The minimum Gasteiger partial charge on any atom is -0.486 e. The van der Waals surface area contributed by atoms with Gasteiger partial charge >= 0.3 is 0 Å². The number of nitrogens with two attached hydrogens (primary N) is 1. The van der Waals surface area contributed by atoms with Gasteiger partial charge in [0, 0.05) is 13.2 Å². The first-order chi connectivity index (χ1) is 8.49. The summed E-state index contributed by atoms with van der Waals surface area (Å²) in [5, 5.41) is 13.0. The molecule has 0 aliphatic heterocycles. The summed E-state index contributed by atoms with van der Waals surface area (Å²) in [6, 6.07) is 2.20. The Balaban J connectivity index is 2.98. The van der Waals surface area contributed by atoms with E-state index < -0.39 is 0 Å². The topological polar surface area (TPSA) is 80.3 Å². The number of hydrogen-bond donors (Lipinski definition) is 2. The molecular weight excluding hydrogens is 250 g/mol. The van der Waals surface area contributed by atoms with E-state index in [1.807, 2.05) is 20.8 Å². The van der Waals surface area contributed by atoms with Gasteiger partial charge in [-0.05, 0) is 20.8 Å². The molecule has 0 spiro atoms. The predicted octanol–water partition coefficient (Wildman–Crippen LogP) is 2.44. The van der Waals surface area contributed by atoms with E-state index >= 15 is 0 Å². The number of thiophene rings is 1. The van der Waals surface area contributed by atoms with Crippen LogP contribution in [0.2, 0.25) is 0 Å². The van der Waals surface area contributed by atoms with Crippen LogP contribution >= 0.6 is 11.3 Å². The Hall–Kier alpha value is -1.45. The second-order valence-electron chi connectivity index (χ2n) is 4.28. The third-order valence-electron chi connectivity index (χ3n) is 2.15. The van der Waals surface area contributed by atoms with Gasteiger partial charge in [-0.3, -0.25) is 0 Å². The van der Waals surface area contributed by atoms with E-state index in [-0.39, 0.29) is 12.1 Å².